The van der Waals surface area contributed by atoms with Crippen LogP contribution in [0.2, 0.25) is 0 Å². The highest BCUT2D eigenvalue weighted by atomic mass is 16.3. The number of aromatic hydroxyl groups is 1. The third-order valence-electron chi connectivity index (χ3n) is 1.75. The van der Waals surface area contributed by atoms with E-state index in [2.05, 4.69) is 6.20 Å². The third-order valence-corrected chi connectivity index (χ3v) is 1.75. The molecule has 1 radical (unpaired) electrons. The van der Waals surface area contributed by atoms with E-state index in [1.807, 2.05) is 31.3 Å². The summed E-state index contributed by atoms with van der Waals surface area (Å²) < 4.78 is 1.78. The molecule has 11 heavy (non-hydrogen) atoms. The molecule has 55 valence electrons. The maximum atomic E-state index is 9.45. The topological polar surface area (TPSA) is 24.6 Å². The summed E-state index contributed by atoms with van der Waals surface area (Å²) in [4.78, 5) is 0. The van der Waals surface area contributed by atoms with E-state index >= 15 is 0 Å². The Labute approximate surface area is 64.7 Å². The monoisotopic (exact) mass is 146 g/mol. The van der Waals surface area contributed by atoms with Crippen molar-refractivity contribution < 1.29 is 5.11 Å². The van der Waals surface area contributed by atoms with E-state index in [9.17, 15) is 5.11 Å². The average Bonchev–Trinajstić information content (AvgIpc) is 2.30. The summed E-state index contributed by atoms with van der Waals surface area (Å²) in [6.07, 6.45) is 4.86. The molecule has 0 amide bonds. The van der Waals surface area contributed by atoms with Gasteiger partial charge >= 0.3 is 0 Å². The second-order valence-corrected chi connectivity index (χ2v) is 2.54. The minimum absolute atomic E-state index is 0.325. The Bertz CT molecular complexity index is 389. The molecule has 2 nitrogen and oxygen atoms in total. The van der Waals surface area contributed by atoms with Crippen molar-refractivity contribution in [1.82, 2.24) is 4.40 Å². The summed E-state index contributed by atoms with van der Waals surface area (Å²) >= 11 is 0. The maximum Gasteiger partial charge on any atom is 0.144 e. The molecule has 0 bridgehead atoms. The van der Waals surface area contributed by atoms with Gasteiger partial charge in [-0.15, -0.1) is 0 Å². The van der Waals surface area contributed by atoms with Crippen molar-refractivity contribution in [3.05, 3.63) is 36.2 Å². The van der Waals surface area contributed by atoms with E-state index in [1.165, 1.54) is 0 Å². The SMILES string of the molecule is Cc1[c]n2ccccc2c1O. The average molecular weight is 146 g/mol. The van der Waals surface area contributed by atoms with Crippen molar-refractivity contribution in [3.63, 3.8) is 0 Å². The lowest BCUT2D eigenvalue weighted by molar-refractivity contribution is 0.478. The van der Waals surface area contributed by atoms with Crippen LogP contribution in [-0.4, -0.2) is 9.51 Å². The quantitative estimate of drug-likeness (QED) is 0.601. The zero-order chi connectivity index (χ0) is 7.84. The molecule has 1 N–H and O–H groups in total. The van der Waals surface area contributed by atoms with Crippen LogP contribution >= 0.6 is 0 Å². The lowest BCUT2D eigenvalue weighted by Crippen LogP contribution is -1.77. The van der Waals surface area contributed by atoms with Crippen LogP contribution in [-0.2, 0) is 0 Å². The molecule has 0 aromatic carbocycles. The van der Waals surface area contributed by atoms with Gasteiger partial charge in [0.2, 0.25) is 0 Å². The highest BCUT2D eigenvalue weighted by molar-refractivity contribution is 5.62. The van der Waals surface area contributed by atoms with Crippen LogP contribution in [0.25, 0.3) is 5.52 Å². The van der Waals surface area contributed by atoms with Gasteiger partial charge in [-0.1, -0.05) is 6.07 Å². The standard InChI is InChI=1S/C9H8NO/c1-7-6-10-5-3-2-4-8(10)9(7)11/h2-5,11H,1H3. The summed E-state index contributed by atoms with van der Waals surface area (Å²) in [5.74, 6) is 0.325. The second kappa shape index (κ2) is 2.02. The lowest BCUT2D eigenvalue weighted by atomic mass is 10.3. The van der Waals surface area contributed by atoms with Crippen LogP contribution in [0.3, 0.4) is 0 Å². The Morgan fingerprint density at radius 2 is 2.27 bits per heavy atom. The zero-order valence-corrected chi connectivity index (χ0v) is 6.20. The van der Waals surface area contributed by atoms with Crippen molar-refractivity contribution in [1.29, 1.82) is 0 Å². The van der Waals surface area contributed by atoms with Gasteiger partial charge in [-0.25, -0.2) is 0 Å². The zero-order valence-electron chi connectivity index (χ0n) is 6.20. The highest BCUT2D eigenvalue weighted by Crippen LogP contribution is 2.23. The molecule has 0 atom stereocenters. The summed E-state index contributed by atoms with van der Waals surface area (Å²) in [6, 6.07) is 5.66. The molecule has 0 spiro atoms. The predicted molar refractivity (Wildman–Crippen MR) is 42.6 cm³/mol. The molecule has 0 unspecified atom stereocenters. The van der Waals surface area contributed by atoms with Crippen LogP contribution in [0.5, 0.6) is 5.75 Å². The fourth-order valence-corrected chi connectivity index (χ4v) is 1.16. The molecule has 2 heterocycles. The van der Waals surface area contributed by atoms with E-state index in [0.29, 0.717) is 5.75 Å². The molecule has 0 aliphatic heterocycles. The Morgan fingerprint density at radius 3 is 3.00 bits per heavy atom. The molecule has 2 heteroatoms. The second-order valence-electron chi connectivity index (χ2n) is 2.54. The number of fused-ring (bicyclic) bond motifs is 1. The summed E-state index contributed by atoms with van der Waals surface area (Å²) in [5, 5.41) is 9.45. The van der Waals surface area contributed by atoms with E-state index in [4.69, 9.17) is 0 Å². The van der Waals surface area contributed by atoms with Gasteiger partial charge in [0, 0.05) is 11.8 Å². The molecular weight excluding hydrogens is 138 g/mol. The van der Waals surface area contributed by atoms with Gasteiger partial charge < -0.3 is 9.51 Å². The first-order chi connectivity index (χ1) is 5.29. The minimum atomic E-state index is 0.325. The van der Waals surface area contributed by atoms with Crippen LogP contribution < -0.4 is 0 Å². The third kappa shape index (κ3) is 0.792. The molecular formula is C9H8NO. The van der Waals surface area contributed by atoms with Crippen molar-refractivity contribution in [3.8, 4) is 5.75 Å². The van der Waals surface area contributed by atoms with Gasteiger partial charge in [-0.05, 0) is 19.1 Å². The van der Waals surface area contributed by atoms with Crippen molar-refractivity contribution in [2.24, 2.45) is 0 Å². The first kappa shape index (κ1) is 6.28. The van der Waals surface area contributed by atoms with Gasteiger partial charge in [0.05, 0.1) is 11.7 Å². The number of pyridine rings is 1. The van der Waals surface area contributed by atoms with Crippen LogP contribution in [0.1, 0.15) is 5.56 Å². The van der Waals surface area contributed by atoms with Crippen molar-refractivity contribution in [2.75, 3.05) is 0 Å². The molecule has 2 aromatic rings. The molecule has 0 saturated carbocycles. The lowest BCUT2D eigenvalue weighted by Gasteiger charge is -1.90. The van der Waals surface area contributed by atoms with Crippen molar-refractivity contribution >= 4 is 5.52 Å². The molecule has 2 aromatic heterocycles. The number of aromatic nitrogens is 1. The number of aryl methyl sites for hydroxylation is 1. The number of hydrogen-bond acceptors (Lipinski definition) is 1. The first-order valence-corrected chi connectivity index (χ1v) is 3.47. The molecule has 0 aliphatic carbocycles. The minimum Gasteiger partial charge on any atom is -0.505 e. The summed E-state index contributed by atoms with van der Waals surface area (Å²) in [5.41, 5.74) is 1.60. The van der Waals surface area contributed by atoms with Gasteiger partial charge in [0.15, 0.2) is 0 Å². The largest absolute Gasteiger partial charge is 0.505 e. The van der Waals surface area contributed by atoms with Gasteiger partial charge in [-0.3, -0.25) is 0 Å². The molecule has 0 fully saturated rings. The van der Waals surface area contributed by atoms with Crippen LogP contribution in [0, 0.1) is 13.1 Å². The normalized spacial score (nSPS) is 10.6. The molecule has 0 saturated heterocycles. The Morgan fingerprint density at radius 1 is 1.45 bits per heavy atom. The maximum absolute atomic E-state index is 9.45. The van der Waals surface area contributed by atoms with Gasteiger partial charge in [0.25, 0.3) is 0 Å². The number of hydrogen-bond donors (Lipinski definition) is 1. The summed E-state index contributed by atoms with van der Waals surface area (Å²) in [7, 11) is 0. The van der Waals surface area contributed by atoms with Crippen molar-refractivity contribution in [2.45, 2.75) is 6.92 Å². The van der Waals surface area contributed by atoms with E-state index in [-0.39, 0.29) is 0 Å². The van der Waals surface area contributed by atoms with Crippen LogP contribution in [0.4, 0.5) is 0 Å². The Balaban J connectivity index is 2.92. The molecule has 0 aliphatic rings. The Kier molecular flexibility index (Phi) is 1.15. The first-order valence-electron chi connectivity index (χ1n) is 3.47. The van der Waals surface area contributed by atoms with Crippen LogP contribution in [0.15, 0.2) is 24.4 Å². The highest BCUT2D eigenvalue weighted by Gasteiger charge is 2.03. The Hall–Kier alpha value is -1.44. The smallest absolute Gasteiger partial charge is 0.144 e. The van der Waals surface area contributed by atoms with E-state index < -0.39 is 0 Å². The number of rotatable bonds is 0. The number of nitrogens with zero attached hydrogens (tertiary/aromatic N) is 1. The predicted octanol–water partition coefficient (Wildman–Crippen LogP) is 1.75. The molecule has 2 rings (SSSR count). The fourth-order valence-electron chi connectivity index (χ4n) is 1.16. The summed E-state index contributed by atoms with van der Waals surface area (Å²) in [6.45, 7) is 1.84. The van der Waals surface area contributed by atoms with E-state index in [1.54, 1.807) is 4.40 Å². The van der Waals surface area contributed by atoms with E-state index in [0.717, 1.165) is 11.1 Å². The van der Waals surface area contributed by atoms with Gasteiger partial charge in [-0.2, -0.15) is 0 Å². The van der Waals surface area contributed by atoms with Gasteiger partial charge in [0.1, 0.15) is 5.75 Å². The fraction of sp³-hybridized carbons (Fsp3) is 0.111.